The van der Waals surface area contributed by atoms with E-state index in [0.29, 0.717) is 17.9 Å². The lowest BCUT2D eigenvalue weighted by molar-refractivity contribution is 0.281. The number of benzene rings is 1. The maximum atomic E-state index is 12.0. The van der Waals surface area contributed by atoms with Gasteiger partial charge in [0.2, 0.25) is 15.9 Å². The van der Waals surface area contributed by atoms with E-state index in [0.717, 1.165) is 0 Å². The van der Waals surface area contributed by atoms with E-state index in [1.54, 1.807) is 12.1 Å². The molecule has 0 aliphatic carbocycles. The summed E-state index contributed by atoms with van der Waals surface area (Å²) in [5.41, 5.74) is 0.541. The predicted molar refractivity (Wildman–Crippen MR) is 65.6 cm³/mol. The summed E-state index contributed by atoms with van der Waals surface area (Å²) in [6.45, 7) is -0.0424. The minimum Gasteiger partial charge on any atom is -0.392 e. The van der Waals surface area contributed by atoms with Crippen molar-refractivity contribution in [3.8, 4) is 0 Å². The molecule has 0 radical (unpaired) electrons. The Morgan fingerprint density at radius 2 is 2.21 bits per heavy atom. The molecule has 1 aromatic carbocycles. The number of hydrogen-bond acceptors (Lipinski definition) is 6. The van der Waals surface area contributed by atoms with Gasteiger partial charge in [-0.1, -0.05) is 17.3 Å². The van der Waals surface area contributed by atoms with Crippen molar-refractivity contribution in [2.24, 2.45) is 0 Å². The molecular weight excluding hydrogens is 270 g/mol. The number of aliphatic hydroxyl groups excluding tert-OH is 1. The van der Waals surface area contributed by atoms with Crippen LogP contribution < -0.4 is 4.72 Å². The van der Waals surface area contributed by atoms with Gasteiger partial charge in [-0.3, -0.25) is 0 Å². The van der Waals surface area contributed by atoms with Gasteiger partial charge in [-0.2, -0.15) is 4.98 Å². The third kappa shape index (κ3) is 3.60. The fraction of sp³-hybridized carbons (Fsp3) is 0.273. The predicted octanol–water partition coefficient (Wildman–Crippen LogP) is 0.0829. The lowest BCUT2D eigenvalue weighted by Gasteiger charge is -2.06. The first-order valence-corrected chi connectivity index (χ1v) is 7.05. The molecule has 0 aliphatic heterocycles. The van der Waals surface area contributed by atoms with Crippen molar-refractivity contribution in [1.82, 2.24) is 14.9 Å². The Balaban J connectivity index is 2.01. The number of sulfonamides is 1. The Morgan fingerprint density at radius 1 is 1.37 bits per heavy atom. The van der Waals surface area contributed by atoms with Crippen LogP contribution in [0.3, 0.4) is 0 Å². The van der Waals surface area contributed by atoms with Gasteiger partial charge in [0, 0.05) is 13.0 Å². The molecule has 1 heterocycles. The fourth-order valence-corrected chi connectivity index (χ4v) is 2.59. The average molecular weight is 283 g/mol. The molecule has 1 aromatic heterocycles. The van der Waals surface area contributed by atoms with E-state index in [4.69, 9.17) is 9.63 Å². The van der Waals surface area contributed by atoms with Gasteiger partial charge in [0.1, 0.15) is 0 Å². The Morgan fingerprint density at radius 3 is 2.89 bits per heavy atom. The van der Waals surface area contributed by atoms with Crippen molar-refractivity contribution in [2.45, 2.75) is 17.9 Å². The molecule has 0 unspecified atom stereocenters. The highest BCUT2D eigenvalue weighted by atomic mass is 32.2. The van der Waals surface area contributed by atoms with Crippen LogP contribution in [0.4, 0.5) is 0 Å². The van der Waals surface area contributed by atoms with Gasteiger partial charge in [-0.05, 0) is 17.7 Å². The van der Waals surface area contributed by atoms with Crippen LogP contribution >= 0.6 is 0 Å². The van der Waals surface area contributed by atoms with E-state index in [1.165, 1.54) is 18.5 Å². The third-order valence-electron chi connectivity index (χ3n) is 2.43. The van der Waals surface area contributed by atoms with Gasteiger partial charge in [-0.25, -0.2) is 13.1 Å². The Hall–Kier alpha value is -1.77. The lowest BCUT2D eigenvalue weighted by Crippen LogP contribution is -2.26. The van der Waals surface area contributed by atoms with E-state index < -0.39 is 10.0 Å². The SMILES string of the molecule is O=S(=O)(NCCc1ncno1)c1cccc(CO)c1. The van der Waals surface area contributed by atoms with E-state index in [9.17, 15) is 8.42 Å². The van der Waals surface area contributed by atoms with E-state index in [1.807, 2.05) is 0 Å². The summed E-state index contributed by atoms with van der Waals surface area (Å²) in [5.74, 6) is 0.367. The van der Waals surface area contributed by atoms with Crippen LogP contribution in [0.15, 0.2) is 40.0 Å². The number of aromatic nitrogens is 2. The molecule has 0 fully saturated rings. The van der Waals surface area contributed by atoms with Crippen LogP contribution in [0.2, 0.25) is 0 Å². The quantitative estimate of drug-likeness (QED) is 0.778. The van der Waals surface area contributed by atoms with Gasteiger partial charge in [0.15, 0.2) is 6.33 Å². The maximum Gasteiger partial charge on any atom is 0.240 e. The molecule has 102 valence electrons. The molecule has 7 nitrogen and oxygen atoms in total. The third-order valence-corrected chi connectivity index (χ3v) is 3.89. The second-order valence-electron chi connectivity index (χ2n) is 3.79. The molecule has 0 saturated carbocycles. The molecule has 0 amide bonds. The first-order chi connectivity index (χ1) is 9.12. The van der Waals surface area contributed by atoms with Crippen LogP contribution in [0.25, 0.3) is 0 Å². The molecule has 2 N–H and O–H groups in total. The zero-order valence-corrected chi connectivity index (χ0v) is 10.8. The highest BCUT2D eigenvalue weighted by molar-refractivity contribution is 7.89. The lowest BCUT2D eigenvalue weighted by atomic mass is 10.2. The summed E-state index contributed by atoms with van der Waals surface area (Å²) in [6, 6.07) is 6.12. The molecule has 0 aliphatic rings. The first kappa shape index (κ1) is 13.7. The Kier molecular flexibility index (Phi) is 4.25. The van der Waals surface area contributed by atoms with Crippen LogP contribution in [0.1, 0.15) is 11.5 Å². The molecule has 2 rings (SSSR count). The summed E-state index contributed by atoms with van der Waals surface area (Å²) >= 11 is 0. The van der Waals surface area contributed by atoms with Crippen molar-refractivity contribution >= 4 is 10.0 Å². The van der Waals surface area contributed by atoms with Crippen LogP contribution in [0.5, 0.6) is 0 Å². The molecule has 0 spiro atoms. The normalized spacial score (nSPS) is 11.6. The molecule has 0 atom stereocenters. The highest BCUT2D eigenvalue weighted by Gasteiger charge is 2.14. The molecular formula is C11H13N3O4S. The minimum atomic E-state index is -3.60. The van der Waals surface area contributed by atoms with Gasteiger partial charge >= 0.3 is 0 Å². The number of nitrogens with one attached hydrogen (secondary N) is 1. The second-order valence-corrected chi connectivity index (χ2v) is 5.56. The van der Waals surface area contributed by atoms with Crippen molar-refractivity contribution in [3.05, 3.63) is 42.0 Å². The zero-order chi connectivity index (χ0) is 13.7. The van der Waals surface area contributed by atoms with Crippen molar-refractivity contribution in [3.63, 3.8) is 0 Å². The largest absolute Gasteiger partial charge is 0.392 e. The summed E-state index contributed by atoms with van der Waals surface area (Å²) in [7, 11) is -3.60. The number of hydrogen-bond donors (Lipinski definition) is 2. The zero-order valence-electron chi connectivity index (χ0n) is 9.98. The highest BCUT2D eigenvalue weighted by Crippen LogP contribution is 2.11. The van der Waals surface area contributed by atoms with Gasteiger partial charge < -0.3 is 9.63 Å². The number of nitrogens with zero attached hydrogens (tertiary/aromatic N) is 2. The summed E-state index contributed by atoms with van der Waals surface area (Å²) in [6.07, 6.45) is 1.58. The van der Waals surface area contributed by atoms with Crippen LogP contribution in [-0.2, 0) is 23.1 Å². The van der Waals surface area contributed by atoms with Gasteiger partial charge in [0.05, 0.1) is 11.5 Å². The van der Waals surface area contributed by atoms with E-state index in [-0.39, 0.29) is 18.0 Å². The summed E-state index contributed by atoms with van der Waals surface area (Å²) in [4.78, 5) is 3.91. The average Bonchev–Trinajstić information content (AvgIpc) is 2.92. The van der Waals surface area contributed by atoms with E-state index in [2.05, 4.69) is 14.9 Å². The van der Waals surface area contributed by atoms with Crippen molar-refractivity contribution < 1.29 is 18.0 Å². The maximum absolute atomic E-state index is 12.0. The molecule has 2 aromatic rings. The molecule has 8 heteroatoms. The minimum absolute atomic E-state index is 0.115. The van der Waals surface area contributed by atoms with Gasteiger partial charge in [0.25, 0.3) is 0 Å². The first-order valence-electron chi connectivity index (χ1n) is 5.57. The van der Waals surface area contributed by atoms with Crippen molar-refractivity contribution in [2.75, 3.05) is 6.54 Å². The van der Waals surface area contributed by atoms with E-state index >= 15 is 0 Å². The molecule has 0 saturated heterocycles. The Bertz CT molecular complexity index is 625. The smallest absolute Gasteiger partial charge is 0.240 e. The monoisotopic (exact) mass is 283 g/mol. The van der Waals surface area contributed by atoms with Crippen LogP contribution in [0, 0.1) is 0 Å². The Labute approximate surface area is 110 Å². The van der Waals surface area contributed by atoms with Crippen LogP contribution in [-0.4, -0.2) is 30.2 Å². The number of aliphatic hydroxyl groups is 1. The van der Waals surface area contributed by atoms with Gasteiger partial charge in [-0.15, -0.1) is 0 Å². The fourth-order valence-electron chi connectivity index (χ4n) is 1.49. The molecule has 19 heavy (non-hydrogen) atoms. The second kappa shape index (κ2) is 5.91. The standard InChI is InChI=1S/C11H13N3O4S/c15-7-9-2-1-3-10(6-9)19(16,17)14-5-4-11-12-8-13-18-11/h1-3,6,8,14-15H,4-5,7H2. The molecule has 0 bridgehead atoms. The summed E-state index contributed by atoms with van der Waals surface area (Å²) < 4.78 is 31.1. The number of rotatable bonds is 6. The van der Waals surface area contributed by atoms with Crippen molar-refractivity contribution in [1.29, 1.82) is 0 Å². The topological polar surface area (TPSA) is 105 Å². The summed E-state index contributed by atoms with van der Waals surface area (Å²) in [5, 5.41) is 12.4.